The molecule has 0 saturated carbocycles. The van der Waals surface area contributed by atoms with Crippen LogP contribution in [0.4, 0.5) is 0 Å². The van der Waals surface area contributed by atoms with Crippen molar-refractivity contribution in [3.05, 3.63) is 70.8 Å². The van der Waals surface area contributed by atoms with Crippen LogP contribution >= 0.6 is 0 Å². The molecule has 2 aromatic carbocycles. The Hall–Kier alpha value is -2.78. The topological polar surface area (TPSA) is 101 Å². The SMILES string of the molecule is COCCO[C@H]1C(O)O[C@H](COC(=O)c2ccc(C)cc2)[C@H]1OC(=O)c1ccc(C)cc1. The minimum Gasteiger partial charge on any atom is -0.459 e. The van der Waals surface area contributed by atoms with Gasteiger partial charge in [0.05, 0.1) is 24.3 Å². The van der Waals surface area contributed by atoms with Gasteiger partial charge in [0.2, 0.25) is 0 Å². The predicted molar refractivity (Wildman–Crippen MR) is 114 cm³/mol. The summed E-state index contributed by atoms with van der Waals surface area (Å²) in [5, 5.41) is 10.3. The van der Waals surface area contributed by atoms with Crippen LogP contribution in [0.3, 0.4) is 0 Å². The van der Waals surface area contributed by atoms with Crippen molar-refractivity contribution < 1.29 is 38.4 Å². The fourth-order valence-electron chi connectivity index (χ4n) is 3.24. The molecule has 1 saturated heterocycles. The molecule has 1 N–H and O–H groups in total. The Morgan fingerprint density at radius 3 is 2.00 bits per heavy atom. The standard InChI is InChI=1S/C24H28O8/c1-15-4-8-17(9-5-15)22(25)30-14-19-20(21(24(27)31-19)29-13-12-28-3)32-23(26)18-10-6-16(2)7-11-18/h4-11,19-21,24,27H,12-14H2,1-3H3/t19-,20-,21-,24?/m1/s1. The Labute approximate surface area is 187 Å². The Kier molecular flexibility index (Phi) is 8.35. The van der Waals surface area contributed by atoms with E-state index in [0.29, 0.717) is 11.1 Å². The Bertz CT molecular complexity index is 893. The molecule has 1 aliphatic heterocycles. The van der Waals surface area contributed by atoms with Crippen LogP contribution in [0.2, 0.25) is 0 Å². The van der Waals surface area contributed by atoms with Gasteiger partial charge in [-0.2, -0.15) is 0 Å². The zero-order valence-electron chi connectivity index (χ0n) is 18.4. The van der Waals surface area contributed by atoms with Gasteiger partial charge in [-0.3, -0.25) is 0 Å². The van der Waals surface area contributed by atoms with E-state index in [2.05, 4.69) is 0 Å². The second-order valence-corrected chi connectivity index (χ2v) is 7.59. The van der Waals surface area contributed by atoms with Crippen molar-refractivity contribution in [3.8, 4) is 0 Å². The van der Waals surface area contributed by atoms with Gasteiger partial charge in [-0.1, -0.05) is 35.4 Å². The van der Waals surface area contributed by atoms with Crippen LogP contribution in [0, 0.1) is 13.8 Å². The Morgan fingerprint density at radius 1 is 0.875 bits per heavy atom. The number of ether oxygens (including phenoxy) is 5. The molecule has 0 bridgehead atoms. The quantitative estimate of drug-likeness (QED) is 0.465. The minimum atomic E-state index is -1.36. The molecule has 0 radical (unpaired) electrons. The third-order valence-electron chi connectivity index (χ3n) is 5.08. The highest BCUT2D eigenvalue weighted by molar-refractivity contribution is 5.90. The highest BCUT2D eigenvalue weighted by Crippen LogP contribution is 2.27. The Morgan fingerprint density at radius 2 is 1.44 bits per heavy atom. The number of aliphatic hydroxyl groups excluding tert-OH is 1. The summed E-state index contributed by atoms with van der Waals surface area (Å²) in [7, 11) is 1.52. The van der Waals surface area contributed by atoms with Gasteiger partial charge in [-0.15, -0.1) is 0 Å². The van der Waals surface area contributed by atoms with Gasteiger partial charge in [0.25, 0.3) is 0 Å². The van der Waals surface area contributed by atoms with Crippen molar-refractivity contribution in [2.24, 2.45) is 0 Å². The first-order valence-corrected chi connectivity index (χ1v) is 10.3. The van der Waals surface area contributed by atoms with Crippen molar-refractivity contribution in [2.75, 3.05) is 26.9 Å². The molecule has 3 rings (SSSR count). The van der Waals surface area contributed by atoms with E-state index in [-0.39, 0.29) is 19.8 Å². The number of rotatable bonds is 9. The van der Waals surface area contributed by atoms with Gasteiger partial charge < -0.3 is 28.8 Å². The zero-order valence-corrected chi connectivity index (χ0v) is 18.4. The van der Waals surface area contributed by atoms with E-state index in [0.717, 1.165) is 11.1 Å². The van der Waals surface area contributed by atoms with Crippen LogP contribution in [0.25, 0.3) is 0 Å². The van der Waals surface area contributed by atoms with Crippen LogP contribution in [0.15, 0.2) is 48.5 Å². The van der Waals surface area contributed by atoms with E-state index >= 15 is 0 Å². The van der Waals surface area contributed by atoms with Gasteiger partial charge in [-0.25, -0.2) is 9.59 Å². The first-order chi connectivity index (χ1) is 15.4. The zero-order chi connectivity index (χ0) is 23.1. The van der Waals surface area contributed by atoms with E-state index in [1.54, 1.807) is 48.5 Å². The fourth-order valence-corrected chi connectivity index (χ4v) is 3.24. The maximum Gasteiger partial charge on any atom is 0.338 e. The first kappa shape index (κ1) is 23.9. The number of benzene rings is 2. The molecule has 1 heterocycles. The van der Waals surface area contributed by atoms with Crippen LogP contribution in [-0.4, -0.2) is 68.6 Å². The van der Waals surface area contributed by atoms with Crippen molar-refractivity contribution in [1.29, 1.82) is 0 Å². The van der Waals surface area contributed by atoms with Crippen molar-refractivity contribution in [3.63, 3.8) is 0 Å². The number of esters is 2. The van der Waals surface area contributed by atoms with E-state index in [1.807, 2.05) is 13.8 Å². The number of aliphatic hydroxyl groups is 1. The van der Waals surface area contributed by atoms with Crippen molar-refractivity contribution >= 4 is 11.9 Å². The number of methoxy groups -OCH3 is 1. The molecule has 0 aliphatic carbocycles. The number of carbonyl (C=O) groups excluding carboxylic acids is 2. The van der Waals surface area contributed by atoms with Gasteiger partial charge >= 0.3 is 11.9 Å². The second kappa shape index (κ2) is 11.2. The number of carbonyl (C=O) groups is 2. The first-order valence-electron chi connectivity index (χ1n) is 10.3. The molecule has 1 unspecified atom stereocenters. The summed E-state index contributed by atoms with van der Waals surface area (Å²) in [6, 6.07) is 13.8. The lowest BCUT2D eigenvalue weighted by molar-refractivity contribution is -0.150. The van der Waals surface area contributed by atoms with E-state index in [1.165, 1.54) is 7.11 Å². The third-order valence-corrected chi connectivity index (χ3v) is 5.08. The summed E-state index contributed by atoms with van der Waals surface area (Å²) in [5.74, 6) is -1.14. The molecule has 0 amide bonds. The molecule has 8 heteroatoms. The summed E-state index contributed by atoms with van der Waals surface area (Å²) < 4.78 is 27.1. The average Bonchev–Trinajstić information content (AvgIpc) is 3.07. The monoisotopic (exact) mass is 444 g/mol. The van der Waals surface area contributed by atoms with E-state index in [4.69, 9.17) is 23.7 Å². The summed E-state index contributed by atoms with van der Waals surface area (Å²) in [4.78, 5) is 25.1. The van der Waals surface area contributed by atoms with Crippen LogP contribution in [0.5, 0.6) is 0 Å². The molecular formula is C24H28O8. The maximum absolute atomic E-state index is 12.7. The number of hydrogen-bond donors (Lipinski definition) is 1. The summed E-state index contributed by atoms with van der Waals surface area (Å²) in [6.07, 6.45) is -4.20. The lowest BCUT2D eigenvalue weighted by Crippen LogP contribution is -2.41. The Balaban J connectivity index is 1.70. The summed E-state index contributed by atoms with van der Waals surface area (Å²) >= 11 is 0. The van der Waals surface area contributed by atoms with Gasteiger partial charge in [0.15, 0.2) is 12.4 Å². The van der Waals surface area contributed by atoms with Gasteiger partial charge in [-0.05, 0) is 38.1 Å². The molecule has 1 fully saturated rings. The van der Waals surface area contributed by atoms with Crippen LogP contribution in [0.1, 0.15) is 31.8 Å². The molecule has 4 atom stereocenters. The van der Waals surface area contributed by atoms with Crippen molar-refractivity contribution in [2.45, 2.75) is 38.4 Å². The minimum absolute atomic E-state index is 0.163. The molecule has 0 aromatic heterocycles. The summed E-state index contributed by atoms with van der Waals surface area (Å²) in [5.41, 5.74) is 2.75. The molecule has 8 nitrogen and oxygen atoms in total. The third kappa shape index (κ3) is 6.14. The van der Waals surface area contributed by atoms with Gasteiger partial charge in [0, 0.05) is 7.11 Å². The highest BCUT2D eigenvalue weighted by Gasteiger charge is 2.48. The number of hydrogen-bond acceptors (Lipinski definition) is 8. The van der Waals surface area contributed by atoms with Crippen LogP contribution in [-0.2, 0) is 23.7 Å². The van der Waals surface area contributed by atoms with Crippen LogP contribution < -0.4 is 0 Å². The largest absolute Gasteiger partial charge is 0.459 e. The van der Waals surface area contributed by atoms with E-state index in [9.17, 15) is 14.7 Å². The summed E-state index contributed by atoms with van der Waals surface area (Å²) in [6.45, 7) is 4.05. The average molecular weight is 444 g/mol. The lowest BCUT2D eigenvalue weighted by Gasteiger charge is -2.23. The molecule has 172 valence electrons. The fraction of sp³-hybridized carbons (Fsp3) is 0.417. The molecule has 1 aliphatic rings. The normalized spacial score (nSPS) is 22.5. The number of aryl methyl sites for hydroxylation is 2. The molecule has 0 spiro atoms. The van der Waals surface area contributed by atoms with Crippen molar-refractivity contribution in [1.82, 2.24) is 0 Å². The van der Waals surface area contributed by atoms with E-state index < -0.39 is 36.5 Å². The predicted octanol–water partition coefficient (Wildman–Crippen LogP) is 2.43. The highest BCUT2D eigenvalue weighted by atomic mass is 16.7. The molecule has 2 aromatic rings. The molecule has 32 heavy (non-hydrogen) atoms. The molecular weight excluding hydrogens is 416 g/mol. The maximum atomic E-state index is 12.7. The lowest BCUT2D eigenvalue weighted by atomic mass is 10.1. The second-order valence-electron chi connectivity index (χ2n) is 7.59. The van der Waals surface area contributed by atoms with Gasteiger partial charge in [0.1, 0.15) is 18.8 Å². The smallest absolute Gasteiger partial charge is 0.338 e.